The number of benzene rings is 2. The third-order valence-electron chi connectivity index (χ3n) is 13.2. The Hall–Kier alpha value is -7.83. The zero-order chi connectivity index (χ0) is 55.9. The maximum absolute atomic E-state index is 15.1. The number of rotatable bonds is 6. The van der Waals surface area contributed by atoms with Gasteiger partial charge >= 0.3 is 11.9 Å². The minimum atomic E-state index is -1.65. The highest BCUT2D eigenvalue weighted by Gasteiger charge is 2.44. The summed E-state index contributed by atoms with van der Waals surface area (Å²) in [5.74, 6) is -10.3. The Labute approximate surface area is 443 Å². The van der Waals surface area contributed by atoms with Crippen LogP contribution in [0.1, 0.15) is 69.4 Å². The molecule has 76 heavy (non-hydrogen) atoms. The van der Waals surface area contributed by atoms with E-state index in [1.54, 1.807) is 83.1 Å². The molecule has 25 heteroatoms. The van der Waals surface area contributed by atoms with E-state index in [2.05, 4.69) is 41.2 Å². The van der Waals surface area contributed by atoms with Gasteiger partial charge in [0, 0.05) is 39.2 Å². The number of amides is 8. The van der Waals surface area contributed by atoms with Crippen molar-refractivity contribution in [3.05, 3.63) is 72.3 Å². The van der Waals surface area contributed by atoms with Gasteiger partial charge in [0.25, 0.3) is 11.8 Å². The minimum absolute atomic E-state index is 0.181. The summed E-state index contributed by atoms with van der Waals surface area (Å²) in [6.07, 6.45) is 2.40. The molecular formula is C51H64N12O12S. The Morgan fingerprint density at radius 3 is 1.39 bits per heavy atom. The van der Waals surface area contributed by atoms with Gasteiger partial charge < -0.3 is 50.3 Å². The van der Waals surface area contributed by atoms with Crippen LogP contribution >= 0.6 is 11.8 Å². The van der Waals surface area contributed by atoms with Gasteiger partial charge in [-0.1, -0.05) is 58.9 Å². The lowest BCUT2D eigenvalue weighted by molar-refractivity contribution is -0.160. The molecule has 2 aromatic heterocycles. The van der Waals surface area contributed by atoms with Crippen LogP contribution in [0.15, 0.2) is 60.9 Å². The van der Waals surface area contributed by atoms with E-state index in [0.29, 0.717) is 22.1 Å². The molecule has 8 amide bonds. The van der Waals surface area contributed by atoms with Crippen molar-refractivity contribution in [2.45, 2.75) is 102 Å². The molecule has 0 radical (unpaired) electrons. The number of nitrogens with one attached hydrogen (secondary N) is 4. The van der Waals surface area contributed by atoms with Crippen LogP contribution in [0, 0.1) is 11.8 Å². The first kappa shape index (κ1) is 57.4. The van der Waals surface area contributed by atoms with E-state index in [9.17, 15) is 43.2 Å². The Kier molecular flexibility index (Phi) is 18.7. The molecule has 0 saturated carbocycles. The molecule has 2 aromatic carbocycles. The number of aromatic nitrogens is 4. The molecule has 9 atom stereocenters. The van der Waals surface area contributed by atoms with Gasteiger partial charge in [0.1, 0.15) is 72.9 Å². The number of hydrogen-bond donors (Lipinski definition) is 4. The van der Waals surface area contributed by atoms with Gasteiger partial charge in [-0.2, -0.15) is 11.8 Å². The molecule has 2 aliphatic rings. The molecule has 0 aliphatic carbocycles. The number of hydrogen-bond acceptors (Lipinski definition) is 17. The monoisotopic (exact) mass is 1070 g/mol. The zero-order valence-corrected chi connectivity index (χ0v) is 44.9. The van der Waals surface area contributed by atoms with Crippen molar-refractivity contribution in [3.63, 3.8) is 0 Å². The molecule has 1 unspecified atom stereocenters. The van der Waals surface area contributed by atoms with Gasteiger partial charge in [-0.25, -0.2) is 19.6 Å². The first-order valence-corrected chi connectivity index (χ1v) is 25.6. The van der Waals surface area contributed by atoms with Crippen molar-refractivity contribution in [2.75, 3.05) is 47.2 Å². The SMILES string of the molecule is CC(C)C1C(=O)OC[C@H](NC(=O)c2cnc3ccccc3n2)C(=O)N[C@H](C)C(=O)N(C)[C@H]2C(=O)N(C)[C@H](C(C)C)C(=O)OC[C@H](NC(=O)c3cnc4ccccc4n3)C(=O)N[C@H](C)C(=O)N(C)[C@H](CS[C@@H]2C)C(=O)N1C. The maximum Gasteiger partial charge on any atom is 0.329 e. The van der Waals surface area contributed by atoms with Crippen molar-refractivity contribution >= 4 is 93.0 Å². The van der Waals surface area contributed by atoms with E-state index in [1.807, 2.05) is 0 Å². The number of likely N-dealkylation sites (N-methyl/N-ethyl adjacent to an activating group) is 4. The number of cyclic esters (lactones) is 2. The summed E-state index contributed by atoms with van der Waals surface area (Å²) >= 11 is 1.02. The normalized spacial score (nSPS) is 25.6. The largest absolute Gasteiger partial charge is 0.461 e. The van der Waals surface area contributed by atoms with Crippen LogP contribution in [0.3, 0.4) is 0 Å². The Balaban J connectivity index is 1.41. The fourth-order valence-corrected chi connectivity index (χ4v) is 10.3. The average Bonchev–Trinajstić information content (AvgIpc) is 3.38. The van der Waals surface area contributed by atoms with Crippen LogP contribution in [0.25, 0.3) is 22.1 Å². The molecule has 406 valence electrons. The quantitative estimate of drug-likeness (QED) is 0.189. The number of nitrogens with zero attached hydrogens (tertiary/aromatic N) is 8. The number of thioether (sulfide) groups is 1. The molecule has 6 rings (SSSR count). The van der Waals surface area contributed by atoms with E-state index >= 15 is 4.79 Å². The first-order valence-electron chi connectivity index (χ1n) is 24.6. The summed E-state index contributed by atoms with van der Waals surface area (Å²) in [5, 5.41) is 9.26. The molecule has 2 aliphatic heterocycles. The number of esters is 2. The van der Waals surface area contributed by atoms with Gasteiger partial charge in [-0.15, -0.1) is 0 Å². The Morgan fingerprint density at radius 1 is 0.579 bits per heavy atom. The summed E-state index contributed by atoms with van der Waals surface area (Å²) in [5.41, 5.74) is 1.39. The second kappa shape index (κ2) is 24.7. The second-order valence-electron chi connectivity index (χ2n) is 19.4. The first-order chi connectivity index (χ1) is 35.9. The molecule has 2 fully saturated rings. The standard InChI is InChI=1S/C51H64N12O12S/c1-25(2)39-50(72)74-22-37(59-43(65)35-21-53-31-17-13-15-19-33(31)57-35)45(67)55-28(6)47(69)63(11)41-29(7)76-24-38(48(70)61(39)9)60(8)46(68)27(5)54-44(66)36(23-75-51(73)40(26(3)4)62(10)49(41)71)58-42(64)34-20-52-30-16-12-14-18-32(30)56-34/h12-21,25-29,36-41H,22-24H2,1-11H3,(H,54,66)(H,55,67)(H,58,64)(H,59,65)/t27-,28-,29-,36+,37+,38-,39?,40-,41-/m1/s1. The topological polar surface area (TPSA) is 302 Å². The molecule has 2 saturated heterocycles. The van der Waals surface area contributed by atoms with Gasteiger partial charge in [0.2, 0.25) is 35.4 Å². The summed E-state index contributed by atoms with van der Waals surface area (Å²) in [4.78, 5) is 165. The molecular weight excluding hydrogens is 1000 g/mol. The lowest BCUT2D eigenvalue weighted by atomic mass is 10.0. The Morgan fingerprint density at radius 2 is 0.974 bits per heavy atom. The van der Waals surface area contributed by atoms with Crippen LogP contribution in [-0.4, -0.2) is 199 Å². The molecule has 4 heterocycles. The van der Waals surface area contributed by atoms with E-state index < -0.39 is 138 Å². The fraction of sp³-hybridized carbons (Fsp3) is 0.490. The van der Waals surface area contributed by atoms with Gasteiger partial charge in [0.05, 0.1) is 34.5 Å². The van der Waals surface area contributed by atoms with E-state index in [-0.39, 0.29) is 17.1 Å². The highest BCUT2D eigenvalue weighted by atomic mass is 32.2. The van der Waals surface area contributed by atoms with Crippen LogP contribution in [0.2, 0.25) is 0 Å². The van der Waals surface area contributed by atoms with E-state index in [0.717, 1.165) is 31.4 Å². The fourth-order valence-electron chi connectivity index (χ4n) is 8.96. The molecule has 0 spiro atoms. The number of carbonyl (C=O) groups is 10. The number of ether oxygens (including phenoxy) is 2. The van der Waals surface area contributed by atoms with Crippen molar-refractivity contribution in [2.24, 2.45) is 11.8 Å². The maximum atomic E-state index is 15.1. The lowest BCUT2D eigenvalue weighted by Crippen LogP contribution is -2.60. The highest BCUT2D eigenvalue weighted by Crippen LogP contribution is 2.27. The van der Waals surface area contributed by atoms with Crippen LogP contribution < -0.4 is 21.3 Å². The zero-order valence-electron chi connectivity index (χ0n) is 44.1. The molecule has 24 nitrogen and oxygen atoms in total. The van der Waals surface area contributed by atoms with Crippen molar-refractivity contribution < 1.29 is 57.4 Å². The smallest absolute Gasteiger partial charge is 0.329 e. The third-order valence-corrected chi connectivity index (χ3v) is 14.5. The van der Waals surface area contributed by atoms with Crippen molar-refractivity contribution in [3.8, 4) is 0 Å². The average molecular weight is 1070 g/mol. The predicted molar refractivity (Wildman–Crippen MR) is 277 cm³/mol. The number of fused-ring (bicyclic) bond motifs is 6. The highest BCUT2D eigenvalue weighted by molar-refractivity contribution is 8.00. The number of carbonyl (C=O) groups excluding carboxylic acids is 10. The Bertz CT molecular complexity index is 2910. The second-order valence-corrected chi connectivity index (χ2v) is 20.8. The van der Waals surface area contributed by atoms with E-state index in [4.69, 9.17) is 9.47 Å². The molecule has 2 bridgehead atoms. The van der Waals surface area contributed by atoms with Crippen LogP contribution in [-0.2, 0) is 47.8 Å². The van der Waals surface area contributed by atoms with Crippen molar-refractivity contribution in [1.82, 2.24) is 60.8 Å². The summed E-state index contributed by atoms with van der Waals surface area (Å²) < 4.78 is 11.4. The van der Waals surface area contributed by atoms with Crippen LogP contribution in [0.5, 0.6) is 0 Å². The number of para-hydroxylation sites is 4. The lowest BCUT2D eigenvalue weighted by Gasteiger charge is -2.39. The third kappa shape index (κ3) is 13.0. The van der Waals surface area contributed by atoms with Gasteiger partial charge in [-0.3, -0.25) is 48.3 Å². The summed E-state index contributed by atoms with van der Waals surface area (Å²) in [7, 11) is 5.31. The summed E-state index contributed by atoms with van der Waals surface area (Å²) in [6.45, 7) is 9.29. The van der Waals surface area contributed by atoms with E-state index in [1.165, 1.54) is 54.4 Å². The van der Waals surface area contributed by atoms with Gasteiger partial charge in [-0.05, 0) is 49.9 Å². The summed E-state index contributed by atoms with van der Waals surface area (Å²) in [6, 6.07) is 1.86. The predicted octanol–water partition coefficient (Wildman–Crippen LogP) is 0.335. The van der Waals surface area contributed by atoms with Crippen LogP contribution in [0.4, 0.5) is 0 Å². The molecule has 4 N–H and O–H groups in total. The minimum Gasteiger partial charge on any atom is -0.461 e. The van der Waals surface area contributed by atoms with Gasteiger partial charge in [0.15, 0.2) is 0 Å². The van der Waals surface area contributed by atoms with Crippen molar-refractivity contribution in [1.29, 1.82) is 0 Å². The molecule has 4 aromatic rings.